The van der Waals surface area contributed by atoms with Crippen molar-refractivity contribution in [1.82, 2.24) is 5.32 Å². The lowest BCUT2D eigenvalue weighted by molar-refractivity contribution is -0.122. The summed E-state index contributed by atoms with van der Waals surface area (Å²) in [6, 6.07) is 5.90. The number of hydrogen-bond acceptors (Lipinski definition) is 2. The molecule has 1 amide bonds. The van der Waals surface area contributed by atoms with E-state index in [0.717, 1.165) is 12.0 Å². The maximum Gasteiger partial charge on any atom is 0.236 e. The molecule has 0 aliphatic rings. The third-order valence-corrected chi connectivity index (χ3v) is 3.27. The maximum atomic E-state index is 12.9. The van der Waals surface area contributed by atoms with E-state index >= 15 is 0 Å². The van der Waals surface area contributed by atoms with E-state index < -0.39 is 6.04 Å². The van der Waals surface area contributed by atoms with Gasteiger partial charge >= 0.3 is 0 Å². The fourth-order valence-electron chi connectivity index (χ4n) is 1.88. The van der Waals surface area contributed by atoms with Crippen molar-refractivity contribution in [3.8, 4) is 0 Å². The lowest BCUT2D eigenvalue weighted by Gasteiger charge is -2.26. The topological polar surface area (TPSA) is 55.1 Å². The summed E-state index contributed by atoms with van der Waals surface area (Å²) in [5.74, 6) is -0.384. The summed E-state index contributed by atoms with van der Waals surface area (Å²) < 4.78 is 12.9. The fraction of sp³-hybridized carbons (Fsp3) is 0.533. The van der Waals surface area contributed by atoms with Crippen LogP contribution in [0.5, 0.6) is 0 Å². The molecule has 0 spiro atoms. The minimum Gasteiger partial charge on any atom is -0.354 e. The standard InChI is InChI=1S/C15H23FN2O.ClH/c1-4-5-13(17)14(19)18-10-15(2,3)11-6-8-12(16)9-7-11;/h6-9,13H,4-5,10,17H2,1-3H3,(H,18,19);1H. The zero-order valence-corrected chi connectivity index (χ0v) is 13.1. The first-order valence-electron chi connectivity index (χ1n) is 6.66. The second-order valence-corrected chi connectivity index (χ2v) is 5.50. The Labute approximate surface area is 126 Å². The van der Waals surface area contributed by atoms with E-state index in [1.165, 1.54) is 12.1 Å². The SMILES string of the molecule is CCCC(N)C(=O)NCC(C)(C)c1ccc(F)cc1.Cl. The van der Waals surface area contributed by atoms with Crippen LogP contribution in [-0.4, -0.2) is 18.5 Å². The number of nitrogens with one attached hydrogen (secondary N) is 1. The number of nitrogens with two attached hydrogens (primary N) is 1. The molecule has 0 heterocycles. The summed E-state index contributed by atoms with van der Waals surface area (Å²) in [5, 5.41) is 2.86. The van der Waals surface area contributed by atoms with Crippen LogP contribution in [0.1, 0.15) is 39.2 Å². The van der Waals surface area contributed by atoms with E-state index in [9.17, 15) is 9.18 Å². The predicted octanol–water partition coefficient (Wildman–Crippen LogP) is 2.77. The van der Waals surface area contributed by atoms with Crippen molar-refractivity contribution < 1.29 is 9.18 Å². The molecule has 0 radical (unpaired) electrons. The molecule has 0 fully saturated rings. The molecule has 3 N–H and O–H groups in total. The summed E-state index contributed by atoms with van der Waals surface area (Å²) in [4.78, 5) is 11.8. The van der Waals surface area contributed by atoms with Gasteiger partial charge in [0.1, 0.15) is 5.82 Å². The van der Waals surface area contributed by atoms with Crippen LogP contribution in [0.4, 0.5) is 4.39 Å². The molecule has 3 nitrogen and oxygen atoms in total. The lowest BCUT2D eigenvalue weighted by atomic mass is 9.84. The van der Waals surface area contributed by atoms with Gasteiger partial charge in [-0.15, -0.1) is 12.4 Å². The molecule has 1 rings (SSSR count). The number of carbonyl (C=O) groups excluding carboxylic acids is 1. The van der Waals surface area contributed by atoms with Crippen molar-refractivity contribution in [2.45, 2.75) is 45.1 Å². The zero-order valence-electron chi connectivity index (χ0n) is 12.3. The van der Waals surface area contributed by atoms with Crippen molar-refractivity contribution in [3.63, 3.8) is 0 Å². The first-order valence-corrected chi connectivity index (χ1v) is 6.66. The fourth-order valence-corrected chi connectivity index (χ4v) is 1.88. The number of rotatable bonds is 6. The van der Waals surface area contributed by atoms with Crippen LogP contribution in [0, 0.1) is 5.82 Å². The van der Waals surface area contributed by atoms with E-state index in [-0.39, 0.29) is 29.5 Å². The number of carbonyl (C=O) groups is 1. The number of benzene rings is 1. The predicted molar refractivity (Wildman–Crippen MR) is 82.6 cm³/mol. The van der Waals surface area contributed by atoms with Crippen LogP contribution >= 0.6 is 12.4 Å². The lowest BCUT2D eigenvalue weighted by Crippen LogP contribution is -2.45. The van der Waals surface area contributed by atoms with Gasteiger partial charge in [0.2, 0.25) is 5.91 Å². The molecule has 5 heteroatoms. The highest BCUT2D eigenvalue weighted by Crippen LogP contribution is 2.22. The van der Waals surface area contributed by atoms with Gasteiger partial charge in [0, 0.05) is 12.0 Å². The van der Waals surface area contributed by atoms with Crippen LogP contribution in [0.3, 0.4) is 0 Å². The Morgan fingerprint density at radius 2 is 1.90 bits per heavy atom. The van der Waals surface area contributed by atoms with Crippen LogP contribution in [0.15, 0.2) is 24.3 Å². The van der Waals surface area contributed by atoms with Gasteiger partial charge < -0.3 is 11.1 Å². The van der Waals surface area contributed by atoms with E-state index in [0.29, 0.717) is 13.0 Å². The molecule has 0 bridgehead atoms. The van der Waals surface area contributed by atoms with Crippen molar-refractivity contribution in [3.05, 3.63) is 35.6 Å². The van der Waals surface area contributed by atoms with E-state index in [2.05, 4.69) is 5.32 Å². The molecule has 0 saturated heterocycles. The highest BCUT2D eigenvalue weighted by Gasteiger charge is 2.22. The summed E-state index contributed by atoms with van der Waals surface area (Å²) in [7, 11) is 0. The maximum absolute atomic E-state index is 12.9. The molecular formula is C15H24ClFN2O. The molecule has 114 valence electrons. The van der Waals surface area contributed by atoms with Gasteiger partial charge in [0.05, 0.1) is 6.04 Å². The van der Waals surface area contributed by atoms with Crippen molar-refractivity contribution in [2.75, 3.05) is 6.54 Å². The van der Waals surface area contributed by atoms with Gasteiger partial charge in [-0.2, -0.15) is 0 Å². The molecular weight excluding hydrogens is 279 g/mol. The van der Waals surface area contributed by atoms with Crippen molar-refractivity contribution in [2.24, 2.45) is 5.73 Å². The van der Waals surface area contributed by atoms with Crippen molar-refractivity contribution >= 4 is 18.3 Å². The number of hydrogen-bond donors (Lipinski definition) is 2. The minimum atomic E-state index is -0.450. The van der Waals surface area contributed by atoms with E-state index in [1.807, 2.05) is 20.8 Å². The summed E-state index contributed by atoms with van der Waals surface area (Å²) >= 11 is 0. The van der Waals surface area contributed by atoms with E-state index in [1.54, 1.807) is 12.1 Å². The molecule has 0 aliphatic carbocycles. The van der Waals surface area contributed by atoms with Gasteiger partial charge in [0.25, 0.3) is 0 Å². The average molecular weight is 303 g/mol. The molecule has 0 saturated carbocycles. The van der Waals surface area contributed by atoms with E-state index in [4.69, 9.17) is 5.73 Å². The summed E-state index contributed by atoms with van der Waals surface area (Å²) in [6.45, 7) is 6.49. The van der Waals surface area contributed by atoms with Gasteiger partial charge in [0.15, 0.2) is 0 Å². The largest absolute Gasteiger partial charge is 0.354 e. The molecule has 1 unspecified atom stereocenters. The molecule has 1 atom stereocenters. The van der Waals surface area contributed by atoms with Crippen molar-refractivity contribution in [1.29, 1.82) is 0 Å². The smallest absolute Gasteiger partial charge is 0.236 e. The Hall–Kier alpha value is -1.13. The monoisotopic (exact) mass is 302 g/mol. The van der Waals surface area contributed by atoms with Gasteiger partial charge in [-0.25, -0.2) is 4.39 Å². The molecule has 0 aromatic heterocycles. The van der Waals surface area contributed by atoms with Crippen LogP contribution in [-0.2, 0) is 10.2 Å². The molecule has 1 aromatic carbocycles. The Kier molecular flexibility index (Phi) is 7.76. The third kappa shape index (κ3) is 5.47. The van der Waals surface area contributed by atoms with Gasteiger partial charge in [-0.3, -0.25) is 4.79 Å². The highest BCUT2D eigenvalue weighted by atomic mass is 35.5. The molecule has 1 aromatic rings. The Morgan fingerprint density at radius 1 is 1.35 bits per heavy atom. The average Bonchev–Trinajstić information content (AvgIpc) is 2.37. The quantitative estimate of drug-likeness (QED) is 0.849. The second-order valence-electron chi connectivity index (χ2n) is 5.50. The first-order chi connectivity index (χ1) is 8.86. The molecule has 20 heavy (non-hydrogen) atoms. The zero-order chi connectivity index (χ0) is 14.5. The molecule has 0 aliphatic heterocycles. The van der Waals surface area contributed by atoms with Gasteiger partial charge in [-0.05, 0) is 24.1 Å². The van der Waals surface area contributed by atoms with Gasteiger partial charge in [-0.1, -0.05) is 39.3 Å². The first kappa shape index (κ1) is 18.9. The highest BCUT2D eigenvalue weighted by molar-refractivity contribution is 5.85. The summed E-state index contributed by atoms with van der Waals surface area (Å²) in [5.41, 5.74) is 6.48. The Bertz CT molecular complexity index is 420. The third-order valence-electron chi connectivity index (χ3n) is 3.27. The minimum absolute atomic E-state index is 0. The second kappa shape index (κ2) is 8.22. The Morgan fingerprint density at radius 3 is 2.40 bits per heavy atom. The number of halogens is 2. The Balaban J connectivity index is 0.00000361. The van der Waals surface area contributed by atoms with Crippen LogP contribution in [0.2, 0.25) is 0 Å². The normalized spacial score (nSPS) is 12.4. The van der Waals surface area contributed by atoms with Crippen LogP contribution < -0.4 is 11.1 Å². The van der Waals surface area contributed by atoms with Crippen LogP contribution in [0.25, 0.3) is 0 Å². The number of amides is 1. The summed E-state index contributed by atoms with van der Waals surface area (Å²) in [6.07, 6.45) is 1.57.